The van der Waals surface area contributed by atoms with E-state index < -0.39 is 17.8 Å². The summed E-state index contributed by atoms with van der Waals surface area (Å²) in [5.41, 5.74) is -0.512. The molecule has 0 aromatic heterocycles. The minimum atomic E-state index is -0.783. The number of hydrogen-bond donors (Lipinski definition) is 1. The summed E-state index contributed by atoms with van der Waals surface area (Å²) in [5, 5.41) is 9.73. The summed E-state index contributed by atoms with van der Waals surface area (Å²) < 4.78 is 10.0. The summed E-state index contributed by atoms with van der Waals surface area (Å²) in [6.07, 6.45) is 0.000801. The molecule has 0 saturated carbocycles. The quantitative estimate of drug-likeness (QED) is 0.752. The predicted molar refractivity (Wildman–Crippen MR) is 60.2 cm³/mol. The molecule has 0 bridgehead atoms. The van der Waals surface area contributed by atoms with Crippen LogP contribution in [0.3, 0.4) is 0 Å². The summed E-state index contributed by atoms with van der Waals surface area (Å²) >= 11 is 0. The SMILES string of the molecule is CC(C)(C)OC(=O)CC[C@H](O)[C@H]1CCC(=O)O1. The van der Waals surface area contributed by atoms with E-state index in [2.05, 4.69) is 0 Å². The van der Waals surface area contributed by atoms with Crippen molar-refractivity contribution in [3.8, 4) is 0 Å². The molecular weight excluding hydrogens is 224 g/mol. The largest absolute Gasteiger partial charge is 0.460 e. The second-order valence-corrected chi connectivity index (χ2v) is 5.26. The number of ether oxygens (including phenoxy) is 2. The number of hydrogen-bond acceptors (Lipinski definition) is 5. The van der Waals surface area contributed by atoms with Crippen molar-refractivity contribution >= 4 is 11.9 Å². The van der Waals surface area contributed by atoms with Gasteiger partial charge in [-0.05, 0) is 33.6 Å². The molecular formula is C12H20O5. The second kappa shape index (κ2) is 5.49. The number of carbonyl (C=O) groups excluding carboxylic acids is 2. The summed E-state index contributed by atoms with van der Waals surface area (Å²) in [4.78, 5) is 22.3. The second-order valence-electron chi connectivity index (χ2n) is 5.26. The standard InChI is InChI=1S/C12H20O5/c1-12(2,3)17-11(15)6-4-8(13)9-5-7-10(14)16-9/h8-9,13H,4-7H2,1-3H3/t8-,9+/m0/s1. The minimum absolute atomic E-state index is 0.131. The number of esters is 2. The van der Waals surface area contributed by atoms with Crippen molar-refractivity contribution in [1.29, 1.82) is 0 Å². The third kappa shape index (κ3) is 5.17. The Bertz CT molecular complexity index is 292. The molecule has 0 aliphatic carbocycles. The Morgan fingerprint density at radius 3 is 2.71 bits per heavy atom. The van der Waals surface area contributed by atoms with Crippen LogP contribution in [0.2, 0.25) is 0 Å². The first-order valence-electron chi connectivity index (χ1n) is 5.87. The zero-order chi connectivity index (χ0) is 13.1. The Hall–Kier alpha value is -1.10. The average Bonchev–Trinajstić information content (AvgIpc) is 2.58. The van der Waals surface area contributed by atoms with Crippen molar-refractivity contribution < 1.29 is 24.2 Å². The lowest BCUT2D eigenvalue weighted by atomic mass is 10.1. The van der Waals surface area contributed by atoms with E-state index in [-0.39, 0.29) is 24.8 Å². The highest BCUT2D eigenvalue weighted by Gasteiger charge is 2.30. The van der Waals surface area contributed by atoms with E-state index >= 15 is 0 Å². The summed E-state index contributed by atoms with van der Waals surface area (Å²) in [6.45, 7) is 5.38. The summed E-state index contributed by atoms with van der Waals surface area (Å²) in [7, 11) is 0. The van der Waals surface area contributed by atoms with E-state index in [0.29, 0.717) is 12.8 Å². The van der Waals surface area contributed by atoms with E-state index in [1.807, 2.05) is 0 Å². The number of rotatable bonds is 4. The molecule has 1 aliphatic heterocycles. The zero-order valence-corrected chi connectivity index (χ0v) is 10.6. The van der Waals surface area contributed by atoms with Crippen molar-refractivity contribution in [2.24, 2.45) is 0 Å². The predicted octanol–water partition coefficient (Wildman–Crippen LogP) is 1.17. The molecule has 1 N–H and O–H groups in total. The zero-order valence-electron chi connectivity index (χ0n) is 10.6. The first-order valence-corrected chi connectivity index (χ1v) is 5.87. The van der Waals surface area contributed by atoms with Crippen LogP contribution >= 0.6 is 0 Å². The molecule has 1 aliphatic rings. The van der Waals surface area contributed by atoms with Crippen LogP contribution in [0.5, 0.6) is 0 Å². The van der Waals surface area contributed by atoms with Gasteiger partial charge in [0.05, 0.1) is 6.10 Å². The van der Waals surface area contributed by atoms with Gasteiger partial charge in [0.2, 0.25) is 0 Å². The Kier molecular flexibility index (Phi) is 4.51. The highest BCUT2D eigenvalue weighted by molar-refractivity contribution is 5.71. The maximum Gasteiger partial charge on any atom is 0.306 e. The average molecular weight is 244 g/mol. The fraction of sp³-hybridized carbons (Fsp3) is 0.833. The van der Waals surface area contributed by atoms with E-state index in [0.717, 1.165) is 0 Å². The fourth-order valence-corrected chi connectivity index (χ4v) is 1.66. The summed E-state index contributed by atoms with van der Waals surface area (Å²) in [5.74, 6) is -0.632. The normalized spacial score (nSPS) is 22.1. The monoisotopic (exact) mass is 244 g/mol. The van der Waals surface area contributed by atoms with E-state index in [9.17, 15) is 14.7 Å². The molecule has 1 saturated heterocycles. The molecule has 5 heteroatoms. The van der Waals surface area contributed by atoms with Gasteiger partial charge >= 0.3 is 11.9 Å². The Labute approximate surface area is 101 Å². The molecule has 0 aromatic carbocycles. The van der Waals surface area contributed by atoms with Gasteiger partial charge in [-0.25, -0.2) is 0 Å². The molecule has 0 spiro atoms. The molecule has 1 rings (SSSR count). The van der Waals surface area contributed by atoms with Crippen LogP contribution in [0.25, 0.3) is 0 Å². The first kappa shape index (κ1) is 14.0. The lowest BCUT2D eigenvalue weighted by Crippen LogP contribution is -2.28. The lowest BCUT2D eigenvalue weighted by Gasteiger charge is -2.21. The molecule has 0 unspecified atom stereocenters. The number of aliphatic hydroxyl groups is 1. The molecule has 5 nitrogen and oxygen atoms in total. The van der Waals surface area contributed by atoms with Crippen LogP contribution in [-0.2, 0) is 19.1 Å². The molecule has 0 amide bonds. The van der Waals surface area contributed by atoms with Crippen LogP contribution in [0.15, 0.2) is 0 Å². The van der Waals surface area contributed by atoms with Gasteiger partial charge in [0.15, 0.2) is 0 Å². The van der Waals surface area contributed by atoms with Gasteiger partial charge in [0.1, 0.15) is 11.7 Å². The van der Waals surface area contributed by atoms with E-state index in [1.54, 1.807) is 20.8 Å². The van der Waals surface area contributed by atoms with Crippen molar-refractivity contribution in [1.82, 2.24) is 0 Å². The van der Waals surface area contributed by atoms with Crippen LogP contribution < -0.4 is 0 Å². The smallest absolute Gasteiger partial charge is 0.306 e. The number of aliphatic hydroxyl groups excluding tert-OH is 1. The van der Waals surface area contributed by atoms with Crippen molar-refractivity contribution in [2.45, 2.75) is 64.3 Å². The highest BCUT2D eigenvalue weighted by atomic mass is 16.6. The topological polar surface area (TPSA) is 72.8 Å². The van der Waals surface area contributed by atoms with Crippen LogP contribution in [0, 0.1) is 0 Å². The van der Waals surface area contributed by atoms with Gasteiger partial charge < -0.3 is 14.6 Å². The Morgan fingerprint density at radius 1 is 1.59 bits per heavy atom. The molecule has 0 radical (unpaired) electrons. The maximum absolute atomic E-state index is 11.4. The molecule has 0 aromatic rings. The minimum Gasteiger partial charge on any atom is -0.460 e. The van der Waals surface area contributed by atoms with Crippen molar-refractivity contribution in [3.05, 3.63) is 0 Å². The van der Waals surface area contributed by atoms with Crippen LogP contribution in [-0.4, -0.2) is 34.9 Å². The Morgan fingerprint density at radius 2 is 2.24 bits per heavy atom. The van der Waals surface area contributed by atoms with Gasteiger partial charge in [0, 0.05) is 12.8 Å². The highest BCUT2D eigenvalue weighted by Crippen LogP contribution is 2.20. The summed E-state index contributed by atoms with van der Waals surface area (Å²) in [6, 6.07) is 0. The maximum atomic E-state index is 11.4. The third-order valence-electron chi connectivity index (χ3n) is 2.41. The van der Waals surface area contributed by atoms with E-state index in [4.69, 9.17) is 9.47 Å². The first-order chi connectivity index (χ1) is 7.78. The van der Waals surface area contributed by atoms with Crippen LogP contribution in [0.4, 0.5) is 0 Å². The Balaban J connectivity index is 2.26. The van der Waals surface area contributed by atoms with Crippen LogP contribution in [0.1, 0.15) is 46.5 Å². The molecule has 17 heavy (non-hydrogen) atoms. The van der Waals surface area contributed by atoms with Gasteiger partial charge in [-0.1, -0.05) is 0 Å². The molecule has 2 atom stereocenters. The van der Waals surface area contributed by atoms with Gasteiger partial charge in [-0.2, -0.15) is 0 Å². The molecule has 1 heterocycles. The molecule has 1 fully saturated rings. The van der Waals surface area contributed by atoms with Gasteiger partial charge in [-0.15, -0.1) is 0 Å². The van der Waals surface area contributed by atoms with Gasteiger partial charge in [-0.3, -0.25) is 9.59 Å². The number of cyclic esters (lactones) is 1. The van der Waals surface area contributed by atoms with Crippen molar-refractivity contribution in [2.75, 3.05) is 0 Å². The fourth-order valence-electron chi connectivity index (χ4n) is 1.66. The van der Waals surface area contributed by atoms with E-state index in [1.165, 1.54) is 0 Å². The van der Waals surface area contributed by atoms with Crippen molar-refractivity contribution in [3.63, 3.8) is 0 Å². The molecule has 98 valence electrons. The third-order valence-corrected chi connectivity index (χ3v) is 2.41. The number of carbonyl (C=O) groups is 2. The lowest BCUT2D eigenvalue weighted by molar-refractivity contribution is -0.156. The van der Waals surface area contributed by atoms with Gasteiger partial charge in [0.25, 0.3) is 0 Å².